The first kappa shape index (κ1) is 25.7. The Balaban J connectivity index is 1.49. The average Bonchev–Trinajstić information content (AvgIpc) is 2.93. The minimum Gasteiger partial charge on any atom is -0.383 e. The van der Waals surface area contributed by atoms with E-state index in [1.165, 1.54) is 9.47 Å². The number of hydrogen-bond donors (Lipinski definition) is 3. The van der Waals surface area contributed by atoms with Gasteiger partial charge in [0.2, 0.25) is 5.91 Å². The van der Waals surface area contributed by atoms with Gasteiger partial charge in [-0.2, -0.15) is 0 Å². The number of nitrogens with one attached hydrogen (secondary N) is 2. The second-order valence-electron chi connectivity index (χ2n) is 8.79. The molecule has 3 aromatic carbocycles. The first-order chi connectivity index (χ1) is 17.9. The van der Waals surface area contributed by atoms with E-state index < -0.39 is 11.2 Å². The van der Waals surface area contributed by atoms with Gasteiger partial charge >= 0.3 is 5.69 Å². The zero-order valence-corrected chi connectivity index (χ0v) is 21.0. The van der Waals surface area contributed by atoms with Gasteiger partial charge in [0.25, 0.3) is 5.56 Å². The Labute approximate surface area is 215 Å². The number of aromatic amines is 1. The van der Waals surface area contributed by atoms with Crippen LogP contribution in [0.5, 0.6) is 0 Å². The molecule has 0 unspecified atom stereocenters. The van der Waals surface area contributed by atoms with Crippen LogP contribution >= 0.6 is 0 Å². The minimum absolute atomic E-state index is 0.00780. The Bertz CT molecular complexity index is 1460. The number of amides is 1. The number of nitrogens with zero attached hydrogens (tertiary/aromatic N) is 2. The Morgan fingerprint density at radius 2 is 1.54 bits per heavy atom. The molecule has 0 aliphatic carbocycles. The van der Waals surface area contributed by atoms with Gasteiger partial charge in [-0.15, -0.1) is 0 Å². The fourth-order valence-corrected chi connectivity index (χ4v) is 4.27. The molecule has 190 valence electrons. The minimum atomic E-state index is -0.688. The van der Waals surface area contributed by atoms with E-state index in [9.17, 15) is 14.4 Å². The molecule has 0 spiro atoms. The summed E-state index contributed by atoms with van der Waals surface area (Å²) >= 11 is 0. The van der Waals surface area contributed by atoms with Gasteiger partial charge in [-0.1, -0.05) is 84.9 Å². The van der Waals surface area contributed by atoms with Crippen LogP contribution in [0.25, 0.3) is 11.1 Å². The molecule has 1 heterocycles. The van der Waals surface area contributed by atoms with Crippen LogP contribution in [-0.2, 0) is 11.3 Å². The molecule has 8 heteroatoms. The molecule has 0 aliphatic heterocycles. The lowest BCUT2D eigenvalue weighted by molar-refractivity contribution is -0.117. The van der Waals surface area contributed by atoms with Gasteiger partial charge in [0.05, 0.1) is 13.1 Å². The number of likely N-dealkylation sites (N-methyl/N-ethyl adjacent to an activating group) is 1. The maximum Gasteiger partial charge on any atom is 0.330 e. The van der Waals surface area contributed by atoms with Crippen LogP contribution < -0.4 is 27.2 Å². The molecule has 4 aromatic rings. The van der Waals surface area contributed by atoms with E-state index in [-0.39, 0.29) is 43.1 Å². The summed E-state index contributed by atoms with van der Waals surface area (Å²) in [5, 5.41) is 3.23. The molecular weight excluding hydrogens is 466 g/mol. The number of rotatable bonds is 9. The summed E-state index contributed by atoms with van der Waals surface area (Å²) in [6.07, 6.45) is 0. The van der Waals surface area contributed by atoms with Crippen LogP contribution in [0.1, 0.15) is 31.0 Å². The fraction of sp³-hybridized carbons (Fsp3) is 0.207. The van der Waals surface area contributed by atoms with E-state index in [1.54, 1.807) is 6.92 Å². The van der Waals surface area contributed by atoms with Gasteiger partial charge in [0.1, 0.15) is 5.82 Å². The summed E-state index contributed by atoms with van der Waals surface area (Å²) < 4.78 is 1.27. The average molecular weight is 498 g/mol. The molecule has 4 N–H and O–H groups in total. The molecule has 0 bridgehead atoms. The van der Waals surface area contributed by atoms with Crippen molar-refractivity contribution in [2.45, 2.75) is 26.4 Å². The second-order valence-corrected chi connectivity index (χ2v) is 8.79. The highest BCUT2D eigenvalue weighted by Gasteiger charge is 2.23. The van der Waals surface area contributed by atoms with Crippen LogP contribution in [0.2, 0.25) is 0 Å². The topological polar surface area (TPSA) is 113 Å². The van der Waals surface area contributed by atoms with Crippen molar-refractivity contribution in [1.29, 1.82) is 0 Å². The standard InChI is InChI=1S/C29H31N5O3/c1-3-33(26-27(30)34(29(37)32-28(26)36)19-21-10-6-4-7-11-21)25(35)18-31-20(2)22-14-16-24(17-15-22)23-12-8-5-9-13-23/h4-17,20,31H,3,18-19,30H2,1-2H3,(H,32,36,37)/t20-/m1/s1. The van der Waals surface area contributed by atoms with Gasteiger partial charge in [0, 0.05) is 12.6 Å². The number of carbonyl (C=O) groups excluding carboxylic acids is 1. The molecular formula is C29H31N5O3. The lowest BCUT2D eigenvalue weighted by Crippen LogP contribution is -2.44. The molecule has 0 radical (unpaired) electrons. The zero-order chi connectivity index (χ0) is 26.4. The summed E-state index contributed by atoms with van der Waals surface area (Å²) in [4.78, 5) is 42.0. The molecule has 0 saturated heterocycles. The van der Waals surface area contributed by atoms with Crippen LogP contribution in [-0.4, -0.2) is 28.5 Å². The van der Waals surface area contributed by atoms with Gasteiger partial charge in [-0.05, 0) is 36.1 Å². The summed E-state index contributed by atoms with van der Waals surface area (Å²) in [6.45, 7) is 4.12. The van der Waals surface area contributed by atoms with E-state index in [2.05, 4.69) is 34.6 Å². The van der Waals surface area contributed by atoms with E-state index in [4.69, 9.17) is 5.73 Å². The van der Waals surface area contributed by atoms with Crippen molar-refractivity contribution < 1.29 is 4.79 Å². The lowest BCUT2D eigenvalue weighted by Gasteiger charge is -2.24. The second kappa shape index (κ2) is 11.5. The molecule has 1 amide bonds. The monoisotopic (exact) mass is 497 g/mol. The van der Waals surface area contributed by atoms with E-state index in [0.717, 1.165) is 22.3 Å². The number of nitrogens with two attached hydrogens (primary N) is 1. The molecule has 0 aliphatic rings. The predicted molar refractivity (Wildman–Crippen MR) is 148 cm³/mol. The van der Waals surface area contributed by atoms with E-state index in [0.29, 0.717) is 0 Å². The molecule has 4 rings (SSSR count). The van der Waals surface area contributed by atoms with Crippen LogP contribution in [0.15, 0.2) is 94.5 Å². The number of benzene rings is 3. The zero-order valence-electron chi connectivity index (χ0n) is 21.0. The van der Waals surface area contributed by atoms with Crippen molar-refractivity contribution >= 4 is 17.4 Å². The number of carbonyl (C=O) groups is 1. The molecule has 1 atom stereocenters. The van der Waals surface area contributed by atoms with Crippen LogP contribution in [0.3, 0.4) is 0 Å². The van der Waals surface area contributed by atoms with Crippen molar-refractivity contribution in [2.75, 3.05) is 23.7 Å². The number of hydrogen-bond acceptors (Lipinski definition) is 5. The Morgan fingerprint density at radius 3 is 2.16 bits per heavy atom. The summed E-state index contributed by atoms with van der Waals surface area (Å²) in [5.74, 6) is -0.366. The molecule has 37 heavy (non-hydrogen) atoms. The first-order valence-electron chi connectivity index (χ1n) is 12.2. The summed E-state index contributed by atoms with van der Waals surface area (Å²) in [6, 6.07) is 27.5. The van der Waals surface area contributed by atoms with Crippen molar-refractivity contribution in [3.05, 3.63) is 117 Å². The fourth-order valence-electron chi connectivity index (χ4n) is 4.27. The van der Waals surface area contributed by atoms with E-state index in [1.807, 2.05) is 67.6 Å². The SMILES string of the molecule is CCN(C(=O)CN[C@H](C)c1ccc(-c2ccccc2)cc1)c1c(N)n(Cc2ccccc2)c(=O)[nH]c1=O. The van der Waals surface area contributed by atoms with Crippen molar-refractivity contribution in [3.8, 4) is 11.1 Å². The quantitative estimate of drug-likeness (QED) is 0.327. The Kier molecular flexibility index (Phi) is 8.00. The molecule has 1 aromatic heterocycles. The van der Waals surface area contributed by atoms with Gasteiger partial charge in [-0.25, -0.2) is 4.79 Å². The third kappa shape index (κ3) is 5.87. The smallest absolute Gasteiger partial charge is 0.330 e. The number of aromatic nitrogens is 2. The highest BCUT2D eigenvalue weighted by atomic mass is 16.2. The summed E-state index contributed by atoms with van der Waals surface area (Å²) in [7, 11) is 0. The number of H-pyrrole nitrogens is 1. The van der Waals surface area contributed by atoms with Crippen LogP contribution in [0.4, 0.5) is 11.5 Å². The first-order valence-corrected chi connectivity index (χ1v) is 12.2. The third-order valence-corrected chi connectivity index (χ3v) is 6.36. The highest BCUT2D eigenvalue weighted by molar-refractivity contribution is 5.96. The molecule has 0 saturated carbocycles. The van der Waals surface area contributed by atoms with Crippen molar-refractivity contribution in [3.63, 3.8) is 0 Å². The molecule has 0 fully saturated rings. The predicted octanol–water partition coefficient (Wildman–Crippen LogP) is 3.54. The number of anilines is 2. The van der Waals surface area contributed by atoms with Gasteiger partial charge < -0.3 is 16.0 Å². The van der Waals surface area contributed by atoms with Crippen LogP contribution in [0, 0.1) is 0 Å². The number of nitrogen functional groups attached to an aromatic ring is 1. The van der Waals surface area contributed by atoms with E-state index >= 15 is 0 Å². The van der Waals surface area contributed by atoms with Crippen molar-refractivity contribution in [1.82, 2.24) is 14.9 Å². The highest BCUT2D eigenvalue weighted by Crippen LogP contribution is 2.22. The lowest BCUT2D eigenvalue weighted by atomic mass is 10.0. The largest absolute Gasteiger partial charge is 0.383 e. The molecule has 8 nitrogen and oxygen atoms in total. The normalized spacial score (nSPS) is 11.7. The van der Waals surface area contributed by atoms with Gasteiger partial charge in [0.15, 0.2) is 5.69 Å². The maximum absolute atomic E-state index is 13.2. The third-order valence-electron chi connectivity index (χ3n) is 6.36. The Hall–Kier alpha value is -4.43. The summed E-state index contributed by atoms with van der Waals surface area (Å²) in [5.41, 5.74) is 9.08. The van der Waals surface area contributed by atoms with Gasteiger partial charge in [-0.3, -0.25) is 19.1 Å². The van der Waals surface area contributed by atoms with Crippen molar-refractivity contribution in [2.24, 2.45) is 0 Å². The Morgan fingerprint density at radius 1 is 0.946 bits per heavy atom. The maximum atomic E-state index is 13.2.